The molecule has 0 bridgehead atoms. The van der Waals surface area contributed by atoms with Gasteiger partial charge in [0.25, 0.3) is 13.4 Å². The van der Waals surface area contributed by atoms with Crippen molar-refractivity contribution in [3.05, 3.63) is 23.0 Å². The second-order valence-electron chi connectivity index (χ2n) is 5.26. The van der Waals surface area contributed by atoms with Crippen molar-refractivity contribution in [3.8, 4) is 0 Å². The van der Waals surface area contributed by atoms with Gasteiger partial charge >= 0.3 is 88.7 Å². The second-order valence-corrected chi connectivity index (χ2v) is 7.96. The molecule has 1 saturated heterocycles. The predicted molar refractivity (Wildman–Crippen MR) is 74.9 cm³/mol. The van der Waals surface area contributed by atoms with Crippen LogP contribution >= 0.6 is 15.6 Å². The second kappa shape index (κ2) is 12.1. The Morgan fingerprint density at radius 1 is 1.28 bits per heavy atom. The average Bonchev–Trinajstić information content (AvgIpc) is 3.07. The van der Waals surface area contributed by atoms with Crippen molar-refractivity contribution in [1.29, 1.82) is 0 Å². The van der Waals surface area contributed by atoms with Crippen LogP contribution in [0.15, 0.2) is 17.4 Å². The average molecular weight is 478 g/mol. The number of ether oxygens (including phenoxy) is 1. The van der Waals surface area contributed by atoms with Gasteiger partial charge in [0.15, 0.2) is 11.2 Å². The van der Waals surface area contributed by atoms with Crippen LogP contribution in [0.3, 0.4) is 0 Å². The number of aliphatic hydroxyl groups excluding tert-OH is 1. The quantitative estimate of drug-likeness (QED) is 0.292. The fraction of sp³-hybridized carbons (Fsp3) is 0.500. The van der Waals surface area contributed by atoms with Gasteiger partial charge in [-0.25, -0.2) is 9.97 Å². The van der Waals surface area contributed by atoms with Crippen LogP contribution in [0, 0.1) is 0 Å². The molecule has 3 heterocycles. The number of hydrogen-bond acceptors (Lipinski definition) is 12. The van der Waals surface area contributed by atoms with Crippen molar-refractivity contribution >= 4 is 26.8 Å². The summed E-state index contributed by atoms with van der Waals surface area (Å²) in [4.78, 5) is 53.7. The van der Waals surface area contributed by atoms with Crippen molar-refractivity contribution in [2.75, 3.05) is 6.61 Å². The maximum Gasteiger partial charge on any atom is 1.00 e. The van der Waals surface area contributed by atoms with E-state index in [0.29, 0.717) is 0 Å². The molecule has 0 amide bonds. The van der Waals surface area contributed by atoms with Gasteiger partial charge in [0, 0.05) is 6.42 Å². The number of imidazole rings is 1. The Balaban J connectivity index is 0.00000261. The fourth-order valence-corrected chi connectivity index (χ4v) is 3.92. The van der Waals surface area contributed by atoms with Crippen molar-refractivity contribution in [1.82, 2.24) is 19.5 Å². The number of nitrogens with zero attached hydrogens (tertiary/aromatic N) is 3. The van der Waals surface area contributed by atoms with E-state index in [-0.39, 0.29) is 106 Å². The summed E-state index contributed by atoms with van der Waals surface area (Å²) in [5, 5.41) is 9.98. The van der Waals surface area contributed by atoms with Gasteiger partial charge < -0.3 is 38.6 Å². The van der Waals surface area contributed by atoms with Crippen molar-refractivity contribution in [2.45, 2.75) is 24.9 Å². The number of nitrogens with one attached hydrogen (secondary N) is 1. The summed E-state index contributed by atoms with van der Waals surface area (Å²) in [6.45, 7) is -0.793. The Hall–Kier alpha value is 1.53. The summed E-state index contributed by atoms with van der Waals surface area (Å²) < 4.78 is 36.0. The van der Waals surface area contributed by atoms with Gasteiger partial charge in [-0.3, -0.25) is 18.2 Å². The maximum absolute atomic E-state index is 11.6. The van der Waals surface area contributed by atoms with Gasteiger partial charge in [0.2, 0.25) is 0 Å². The van der Waals surface area contributed by atoms with Crippen LogP contribution in [0.5, 0.6) is 0 Å². The van der Waals surface area contributed by atoms with E-state index in [0.717, 1.165) is 6.33 Å². The number of rotatable bonds is 6. The van der Waals surface area contributed by atoms with Gasteiger partial charge in [0.05, 0.1) is 33.2 Å². The molecular weight excluding hydrogens is 467 g/mol. The Morgan fingerprint density at radius 3 is 2.55 bits per heavy atom. The molecule has 2 aromatic heterocycles. The number of aliphatic hydroxyl groups is 1. The molecule has 0 saturated carbocycles. The predicted octanol–water partition coefficient (Wildman–Crippen LogP) is -11.9. The maximum atomic E-state index is 11.6. The van der Waals surface area contributed by atoms with E-state index in [1.54, 1.807) is 0 Å². The summed E-state index contributed by atoms with van der Waals surface area (Å²) in [5.41, 5.74) is -0.246. The minimum absolute atomic E-state index is 0. The summed E-state index contributed by atoms with van der Waals surface area (Å²) in [5.74, 6) is 0. The van der Waals surface area contributed by atoms with E-state index in [1.165, 1.54) is 10.9 Å². The summed E-state index contributed by atoms with van der Waals surface area (Å²) in [6, 6.07) is 0. The number of phosphoric ester groups is 1. The molecule has 1 unspecified atom stereocenters. The van der Waals surface area contributed by atoms with Crippen molar-refractivity contribution in [2.24, 2.45) is 0 Å². The van der Waals surface area contributed by atoms with E-state index in [2.05, 4.69) is 23.8 Å². The van der Waals surface area contributed by atoms with Crippen LogP contribution in [0.25, 0.3) is 11.2 Å². The van der Waals surface area contributed by atoms with Crippen LogP contribution in [-0.2, 0) is 22.7 Å². The monoisotopic (exact) mass is 478 g/mol. The zero-order chi connectivity index (χ0) is 19.1. The smallest absolute Gasteiger partial charge is 0.790 e. The van der Waals surface area contributed by atoms with E-state index in [4.69, 9.17) is 4.74 Å². The topological polar surface area (TPSA) is 215 Å². The summed E-state index contributed by atoms with van der Waals surface area (Å²) >= 11 is 0. The Labute approximate surface area is 229 Å². The number of H-pyrrole nitrogens is 1. The zero-order valence-corrected chi connectivity index (χ0v) is 23.4. The molecule has 0 radical (unpaired) electrons. The molecular formula is C10H11N4Na3O10P2. The van der Waals surface area contributed by atoms with Crippen LogP contribution in [0.2, 0.25) is 0 Å². The zero-order valence-electron chi connectivity index (χ0n) is 15.7. The van der Waals surface area contributed by atoms with E-state index >= 15 is 0 Å². The fourth-order valence-electron chi connectivity index (χ4n) is 2.42. The molecule has 4 atom stereocenters. The molecule has 0 spiro atoms. The summed E-state index contributed by atoms with van der Waals surface area (Å²) in [7, 11) is -11.2. The number of aromatic nitrogens is 4. The largest absolute Gasteiger partial charge is 1.00 e. The molecule has 1 aliphatic heterocycles. The van der Waals surface area contributed by atoms with Crippen LogP contribution in [0.1, 0.15) is 12.6 Å². The van der Waals surface area contributed by atoms with Gasteiger partial charge in [-0.1, -0.05) is 0 Å². The first kappa shape index (κ1) is 30.5. The van der Waals surface area contributed by atoms with Gasteiger partial charge in [0.1, 0.15) is 12.3 Å². The normalized spacial score (nSPS) is 23.5. The molecule has 0 aliphatic carbocycles. The molecule has 19 heteroatoms. The molecule has 0 aromatic carbocycles. The molecule has 1 aliphatic rings. The molecule has 144 valence electrons. The van der Waals surface area contributed by atoms with E-state index < -0.39 is 46.2 Å². The van der Waals surface area contributed by atoms with Crippen LogP contribution in [-0.4, -0.2) is 43.4 Å². The van der Waals surface area contributed by atoms with Gasteiger partial charge in [-0.15, -0.1) is 0 Å². The Kier molecular flexibility index (Phi) is 12.8. The SMILES string of the molecule is O=c1[nH]cnc2c1ncn2[C@H]1C[C@H](O)[C@@H](COP(=O)([O-])OP(=O)([O-])[O-])O1.[Na+].[Na+].[Na+]. The third-order valence-corrected chi connectivity index (χ3v) is 5.54. The van der Waals surface area contributed by atoms with Crippen LogP contribution in [0.4, 0.5) is 0 Å². The number of fused-ring (bicyclic) bond motifs is 1. The molecule has 29 heavy (non-hydrogen) atoms. The molecule has 1 fully saturated rings. The first-order valence-corrected chi connectivity index (χ1v) is 9.90. The third kappa shape index (κ3) is 8.11. The third-order valence-electron chi connectivity index (χ3n) is 3.48. The minimum atomic E-state index is -5.80. The number of phosphoric acid groups is 2. The van der Waals surface area contributed by atoms with Crippen molar-refractivity contribution < 1.29 is 131 Å². The molecule has 3 rings (SSSR count). The Morgan fingerprint density at radius 2 is 1.93 bits per heavy atom. The van der Waals surface area contributed by atoms with Crippen LogP contribution < -0.4 is 109 Å². The number of aromatic amines is 1. The minimum Gasteiger partial charge on any atom is -0.790 e. The van der Waals surface area contributed by atoms with E-state index in [1.807, 2.05) is 0 Å². The molecule has 2 aromatic rings. The number of hydrogen-bond donors (Lipinski definition) is 2. The molecule has 14 nitrogen and oxygen atoms in total. The van der Waals surface area contributed by atoms with Gasteiger partial charge in [-0.2, -0.15) is 0 Å². The van der Waals surface area contributed by atoms with Gasteiger partial charge in [-0.05, 0) is 0 Å². The van der Waals surface area contributed by atoms with E-state index in [9.17, 15) is 33.7 Å². The first-order chi connectivity index (χ1) is 12.1. The summed E-state index contributed by atoms with van der Waals surface area (Å²) in [6.07, 6.45) is -0.798. The Bertz CT molecular complexity index is 967. The van der Waals surface area contributed by atoms with Crippen molar-refractivity contribution in [3.63, 3.8) is 0 Å². The standard InChI is InChI=1S/C10H14N4O10P2.3Na/c15-5-1-7(14-4-13-8-9(14)11-3-12-10(8)16)23-6(5)2-22-26(20,21)24-25(17,18)19;;;/h3-7,15H,1-2H2,(H,20,21)(H,11,12,16)(H2,17,18,19);;;/q;3*+1/p-3/t5-,6+,7+;;;/m0.../s1. The first-order valence-electron chi connectivity index (χ1n) is 6.98. The molecule has 2 N–H and O–H groups in total.